The zero-order chi connectivity index (χ0) is 18.7. The van der Waals surface area contributed by atoms with Crippen LogP contribution in [0.25, 0.3) is 0 Å². The van der Waals surface area contributed by atoms with E-state index in [9.17, 15) is 14.4 Å². The van der Waals surface area contributed by atoms with E-state index in [1.54, 1.807) is 33.9 Å². The number of aromatic nitrogens is 2. The summed E-state index contributed by atoms with van der Waals surface area (Å²) in [6, 6.07) is 1.54. The minimum Gasteiger partial charge on any atom is -0.465 e. The Kier molecular flexibility index (Phi) is 5.58. The van der Waals surface area contributed by atoms with Crippen LogP contribution < -0.4 is 5.32 Å². The van der Waals surface area contributed by atoms with Crippen molar-refractivity contribution in [2.45, 2.75) is 26.9 Å². The van der Waals surface area contributed by atoms with Crippen molar-refractivity contribution in [2.24, 2.45) is 7.05 Å². The highest BCUT2D eigenvalue weighted by molar-refractivity contribution is 7.18. The first-order valence-electron chi connectivity index (χ1n) is 7.48. The van der Waals surface area contributed by atoms with Crippen molar-refractivity contribution in [3.8, 4) is 0 Å². The first-order chi connectivity index (χ1) is 11.8. The Bertz CT molecular complexity index is 822. The van der Waals surface area contributed by atoms with Gasteiger partial charge in [-0.2, -0.15) is 5.10 Å². The Morgan fingerprint density at radius 1 is 1.28 bits per heavy atom. The molecule has 0 aromatic carbocycles. The Balaban J connectivity index is 2.44. The lowest BCUT2D eigenvalue weighted by Crippen LogP contribution is -2.18. The van der Waals surface area contributed by atoms with Gasteiger partial charge in [0.05, 0.1) is 18.8 Å². The van der Waals surface area contributed by atoms with Crippen molar-refractivity contribution in [1.82, 2.24) is 9.78 Å². The summed E-state index contributed by atoms with van der Waals surface area (Å²) in [5.74, 6) is -1.64. The fourth-order valence-corrected chi connectivity index (χ4v) is 3.28. The number of aryl methyl sites for hydroxylation is 1. The van der Waals surface area contributed by atoms with Crippen LogP contribution in [0.4, 0.5) is 5.00 Å². The molecule has 9 heteroatoms. The van der Waals surface area contributed by atoms with E-state index in [1.807, 2.05) is 0 Å². The highest BCUT2D eigenvalue weighted by atomic mass is 32.1. The molecule has 1 amide bonds. The van der Waals surface area contributed by atoms with Crippen molar-refractivity contribution in [2.75, 3.05) is 12.4 Å². The SMILES string of the molecule is COC(=O)c1sc(NC(=O)c2ccnn2C)c(C(=O)OC(C)C)c1C. The molecule has 1 N–H and O–H groups in total. The maximum absolute atomic E-state index is 12.4. The molecular formula is C16H19N3O5S. The Morgan fingerprint density at radius 3 is 2.48 bits per heavy atom. The number of hydrogen-bond donors (Lipinski definition) is 1. The molecule has 25 heavy (non-hydrogen) atoms. The van der Waals surface area contributed by atoms with Gasteiger partial charge in [0.2, 0.25) is 0 Å². The molecular weight excluding hydrogens is 346 g/mol. The fourth-order valence-electron chi connectivity index (χ4n) is 2.17. The molecule has 0 spiro atoms. The molecule has 2 heterocycles. The average molecular weight is 365 g/mol. The third kappa shape index (κ3) is 3.87. The Morgan fingerprint density at radius 2 is 1.96 bits per heavy atom. The number of anilines is 1. The lowest BCUT2D eigenvalue weighted by Gasteiger charge is -2.10. The maximum atomic E-state index is 12.4. The van der Waals surface area contributed by atoms with Crippen molar-refractivity contribution >= 4 is 34.2 Å². The first-order valence-corrected chi connectivity index (χ1v) is 8.30. The van der Waals surface area contributed by atoms with E-state index in [2.05, 4.69) is 10.4 Å². The quantitative estimate of drug-likeness (QED) is 0.817. The van der Waals surface area contributed by atoms with Crippen LogP contribution >= 0.6 is 11.3 Å². The smallest absolute Gasteiger partial charge is 0.348 e. The number of ether oxygens (including phenoxy) is 2. The highest BCUT2D eigenvalue weighted by Crippen LogP contribution is 2.34. The molecule has 0 radical (unpaired) electrons. The molecule has 2 aromatic rings. The summed E-state index contributed by atoms with van der Waals surface area (Å²) in [5, 5.41) is 6.82. The van der Waals surface area contributed by atoms with Gasteiger partial charge in [-0.25, -0.2) is 9.59 Å². The van der Waals surface area contributed by atoms with Crippen LogP contribution in [0.2, 0.25) is 0 Å². The van der Waals surface area contributed by atoms with E-state index in [4.69, 9.17) is 9.47 Å². The van der Waals surface area contributed by atoms with Crippen LogP contribution in [0.5, 0.6) is 0 Å². The summed E-state index contributed by atoms with van der Waals surface area (Å²) in [6.45, 7) is 5.04. The molecule has 0 unspecified atom stereocenters. The number of carbonyl (C=O) groups excluding carboxylic acids is 3. The second-order valence-corrected chi connectivity index (χ2v) is 6.52. The number of methoxy groups -OCH3 is 1. The van der Waals surface area contributed by atoms with Crippen molar-refractivity contribution in [3.63, 3.8) is 0 Å². The van der Waals surface area contributed by atoms with Gasteiger partial charge in [0.1, 0.15) is 15.6 Å². The fraction of sp³-hybridized carbons (Fsp3) is 0.375. The van der Waals surface area contributed by atoms with Gasteiger partial charge in [-0.15, -0.1) is 11.3 Å². The number of amides is 1. The molecule has 2 aromatic heterocycles. The molecule has 0 atom stereocenters. The van der Waals surface area contributed by atoms with E-state index in [1.165, 1.54) is 18.0 Å². The second kappa shape index (κ2) is 7.47. The van der Waals surface area contributed by atoms with Crippen molar-refractivity contribution in [1.29, 1.82) is 0 Å². The summed E-state index contributed by atoms with van der Waals surface area (Å²) < 4.78 is 11.4. The van der Waals surface area contributed by atoms with Crippen molar-refractivity contribution < 1.29 is 23.9 Å². The van der Waals surface area contributed by atoms with E-state index in [-0.39, 0.29) is 21.5 Å². The molecule has 2 rings (SSSR count). The molecule has 0 aliphatic rings. The normalized spacial score (nSPS) is 10.6. The summed E-state index contributed by atoms with van der Waals surface area (Å²) in [4.78, 5) is 37.0. The number of thiophene rings is 1. The number of nitrogens with one attached hydrogen (secondary N) is 1. The summed E-state index contributed by atoms with van der Waals surface area (Å²) in [7, 11) is 2.88. The van der Waals surface area contributed by atoms with Crippen LogP contribution in [0.3, 0.4) is 0 Å². The monoisotopic (exact) mass is 365 g/mol. The molecule has 0 saturated carbocycles. The van der Waals surface area contributed by atoms with Gasteiger partial charge in [-0.1, -0.05) is 0 Å². The predicted molar refractivity (Wildman–Crippen MR) is 92.1 cm³/mol. The average Bonchev–Trinajstić information content (AvgIpc) is 3.09. The zero-order valence-corrected chi connectivity index (χ0v) is 15.4. The topological polar surface area (TPSA) is 99.5 Å². The van der Waals surface area contributed by atoms with Crippen LogP contribution in [0.1, 0.15) is 49.9 Å². The summed E-state index contributed by atoms with van der Waals surface area (Å²) in [5.41, 5.74) is 0.867. The second-order valence-electron chi connectivity index (χ2n) is 5.50. The summed E-state index contributed by atoms with van der Waals surface area (Å²) in [6.07, 6.45) is 1.15. The number of nitrogens with zero attached hydrogens (tertiary/aromatic N) is 2. The van der Waals surface area contributed by atoms with Gasteiger partial charge < -0.3 is 14.8 Å². The molecule has 0 fully saturated rings. The van der Waals surface area contributed by atoms with Gasteiger partial charge in [0.15, 0.2) is 0 Å². The Hall–Kier alpha value is -2.68. The number of hydrogen-bond acceptors (Lipinski definition) is 7. The lowest BCUT2D eigenvalue weighted by molar-refractivity contribution is 0.0379. The van der Waals surface area contributed by atoms with Gasteiger partial charge in [0.25, 0.3) is 5.91 Å². The van der Waals surface area contributed by atoms with E-state index >= 15 is 0 Å². The molecule has 0 bridgehead atoms. The van der Waals surface area contributed by atoms with E-state index in [0.717, 1.165) is 11.3 Å². The van der Waals surface area contributed by atoms with Gasteiger partial charge in [-0.3, -0.25) is 9.48 Å². The van der Waals surface area contributed by atoms with Crippen LogP contribution in [-0.4, -0.2) is 40.8 Å². The third-order valence-corrected chi connectivity index (χ3v) is 4.53. The van der Waals surface area contributed by atoms with Gasteiger partial charge in [-0.05, 0) is 32.4 Å². The first kappa shape index (κ1) is 18.7. The molecule has 8 nitrogen and oxygen atoms in total. The standard InChI is InChI=1S/C16H19N3O5S/c1-8(2)24-15(21)11-9(3)12(16(22)23-5)25-14(11)18-13(20)10-6-7-17-19(10)4/h6-8H,1-5H3,(H,18,20). The number of rotatable bonds is 5. The lowest BCUT2D eigenvalue weighted by atomic mass is 10.1. The van der Waals surface area contributed by atoms with Crippen molar-refractivity contribution in [3.05, 3.63) is 34.0 Å². The van der Waals surface area contributed by atoms with E-state index in [0.29, 0.717) is 11.3 Å². The third-order valence-electron chi connectivity index (χ3n) is 3.35. The van der Waals surface area contributed by atoms with Crippen LogP contribution in [0, 0.1) is 6.92 Å². The number of carbonyl (C=O) groups is 3. The van der Waals surface area contributed by atoms with Gasteiger partial charge in [0, 0.05) is 13.2 Å². The molecule has 134 valence electrons. The predicted octanol–water partition coefficient (Wildman–Crippen LogP) is 2.39. The van der Waals surface area contributed by atoms with Crippen LogP contribution in [0.15, 0.2) is 12.3 Å². The number of esters is 2. The van der Waals surface area contributed by atoms with Gasteiger partial charge >= 0.3 is 11.9 Å². The maximum Gasteiger partial charge on any atom is 0.348 e. The largest absolute Gasteiger partial charge is 0.465 e. The molecule has 0 aliphatic carbocycles. The van der Waals surface area contributed by atoms with E-state index < -0.39 is 17.8 Å². The molecule has 0 saturated heterocycles. The molecule has 0 aliphatic heterocycles. The zero-order valence-electron chi connectivity index (χ0n) is 14.6. The summed E-state index contributed by atoms with van der Waals surface area (Å²) >= 11 is 0.969. The van der Waals surface area contributed by atoms with Crippen LogP contribution in [-0.2, 0) is 16.5 Å². The highest BCUT2D eigenvalue weighted by Gasteiger charge is 2.28. The minimum atomic E-state index is -0.612. The minimum absolute atomic E-state index is 0.148. The Labute approximate surface area is 148 Å².